The number of nitrogens with zero attached hydrogens (tertiary/aromatic N) is 5. The molecule has 0 spiro atoms. The number of rotatable bonds is 6. The van der Waals surface area contributed by atoms with Gasteiger partial charge in [0.2, 0.25) is 5.91 Å². The predicted octanol–water partition coefficient (Wildman–Crippen LogP) is 0.993. The number of amides is 1. The molecule has 0 unspecified atom stereocenters. The lowest BCUT2D eigenvalue weighted by Gasteiger charge is -2.21. The number of aryl methyl sites for hydroxylation is 1. The van der Waals surface area contributed by atoms with Gasteiger partial charge in [0.25, 0.3) is 0 Å². The third-order valence-electron chi connectivity index (χ3n) is 3.22. The zero-order chi connectivity index (χ0) is 17.5. The average Bonchev–Trinajstić information content (AvgIpc) is 2.86. The standard InChI is InChI=1S/C15H29N7O.HI/c1-7-16-14(18-9-8-17-13(23)15(2,3)4)21(5)10-12-19-11-20-22(12)6;/h11H,7-10H2,1-6H3,(H,16,18)(H,17,23);1H. The Morgan fingerprint density at radius 2 is 2.04 bits per heavy atom. The Kier molecular flexibility index (Phi) is 9.86. The highest BCUT2D eigenvalue weighted by Gasteiger charge is 2.20. The molecule has 0 atom stereocenters. The minimum atomic E-state index is -0.379. The van der Waals surface area contributed by atoms with Crippen molar-refractivity contribution < 1.29 is 4.79 Å². The summed E-state index contributed by atoms with van der Waals surface area (Å²) in [5.41, 5.74) is -0.379. The molecule has 24 heavy (non-hydrogen) atoms. The van der Waals surface area contributed by atoms with Crippen LogP contribution in [-0.2, 0) is 18.4 Å². The van der Waals surface area contributed by atoms with Crippen molar-refractivity contribution >= 4 is 35.8 Å². The molecule has 1 amide bonds. The third kappa shape index (κ3) is 7.45. The molecule has 0 aromatic carbocycles. The lowest BCUT2D eigenvalue weighted by atomic mass is 9.96. The van der Waals surface area contributed by atoms with Crippen LogP contribution in [0, 0.1) is 5.41 Å². The second-order valence-corrected chi connectivity index (χ2v) is 6.40. The maximum absolute atomic E-state index is 11.8. The van der Waals surface area contributed by atoms with Crippen molar-refractivity contribution in [3.63, 3.8) is 0 Å². The summed E-state index contributed by atoms with van der Waals surface area (Å²) in [7, 11) is 3.81. The van der Waals surface area contributed by atoms with Crippen LogP contribution >= 0.6 is 24.0 Å². The molecule has 0 bridgehead atoms. The number of guanidine groups is 1. The normalized spacial score (nSPS) is 11.7. The van der Waals surface area contributed by atoms with Crippen molar-refractivity contribution in [2.24, 2.45) is 17.5 Å². The first-order valence-electron chi connectivity index (χ1n) is 7.86. The molecule has 1 heterocycles. The summed E-state index contributed by atoms with van der Waals surface area (Å²) < 4.78 is 1.74. The van der Waals surface area contributed by atoms with Crippen molar-refractivity contribution in [2.45, 2.75) is 34.2 Å². The van der Waals surface area contributed by atoms with Gasteiger partial charge in [-0.15, -0.1) is 24.0 Å². The molecule has 1 aromatic heterocycles. The van der Waals surface area contributed by atoms with E-state index < -0.39 is 0 Å². The highest BCUT2D eigenvalue weighted by atomic mass is 127. The molecule has 1 aromatic rings. The van der Waals surface area contributed by atoms with Crippen LogP contribution in [0.4, 0.5) is 0 Å². The number of nitrogens with one attached hydrogen (secondary N) is 2. The molecule has 8 nitrogen and oxygen atoms in total. The van der Waals surface area contributed by atoms with Crippen LogP contribution < -0.4 is 10.6 Å². The van der Waals surface area contributed by atoms with Gasteiger partial charge in [0, 0.05) is 32.6 Å². The van der Waals surface area contributed by atoms with Gasteiger partial charge in [-0.2, -0.15) is 5.10 Å². The molecule has 0 aliphatic rings. The molecular weight excluding hydrogens is 421 g/mol. The third-order valence-corrected chi connectivity index (χ3v) is 3.22. The van der Waals surface area contributed by atoms with E-state index in [4.69, 9.17) is 0 Å². The van der Waals surface area contributed by atoms with Crippen molar-refractivity contribution in [1.29, 1.82) is 0 Å². The van der Waals surface area contributed by atoms with E-state index in [2.05, 4.69) is 25.7 Å². The van der Waals surface area contributed by atoms with E-state index in [9.17, 15) is 4.79 Å². The smallest absolute Gasteiger partial charge is 0.225 e. The minimum Gasteiger partial charge on any atom is -0.357 e. The molecule has 0 radical (unpaired) electrons. The zero-order valence-corrected chi connectivity index (χ0v) is 17.8. The monoisotopic (exact) mass is 451 g/mol. The van der Waals surface area contributed by atoms with Crippen molar-refractivity contribution in [2.75, 3.05) is 26.7 Å². The Labute approximate surface area is 161 Å². The molecule has 0 saturated heterocycles. The first-order chi connectivity index (χ1) is 10.8. The second kappa shape index (κ2) is 10.5. The van der Waals surface area contributed by atoms with Crippen LogP contribution in [0.5, 0.6) is 0 Å². The van der Waals surface area contributed by atoms with Gasteiger partial charge in [-0.1, -0.05) is 20.8 Å². The van der Waals surface area contributed by atoms with Crippen LogP contribution in [0.25, 0.3) is 0 Å². The van der Waals surface area contributed by atoms with E-state index in [0.29, 0.717) is 19.6 Å². The van der Waals surface area contributed by atoms with Crippen molar-refractivity contribution in [1.82, 2.24) is 30.3 Å². The van der Waals surface area contributed by atoms with Gasteiger partial charge in [0.1, 0.15) is 12.2 Å². The molecule has 138 valence electrons. The number of aliphatic imine (C=N–C) groups is 1. The van der Waals surface area contributed by atoms with Gasteiger partial charge in [-0.3, -0.25) is 14.5 Å². The Bertz CT molecular complexity index is 536. The van der Waals surface area contributed by atoms with Gasteiger partial charge in [-0.05, 0) is 6.92 Å². The molecule has 0 aliphatic carbocycles. The maximum Gasteiger partial charge on any atom is 0.225 e. The van der Waals surface area contributed by atoms with E-state index in [1.807, 2.05) is 46.7 Å². The van der Waals surface area contributed by atoms with Crippen LogP contribution in [-0.4, -0.2) is 58.2 Å². The van der Waals surface area contributed by atoms with Gasteiger partial charge >= 0.3 is 0 Å². The molecule has 0 saturated carbocycles. The lowest BCUT2D eigenvalue weighted by Crippen LogP contribution is -2.40. The average molecular weight is 451 g/mol. The van der Waals surface area contributed by atoms with Gasteiger partial charge in [0.15, 0.2) is 5.96 Å². The molecule has 0 aliphatic heterocycles. The lowest BCUT2D eigenvalue weighted by molar-refractivity contribution is -0.128. The summed E-state index contributed by atoms with van der Waals surface area (Å²) in [6.45, 7) is 10.1. The molecule has 9 heteroatoms. The second-order valence-electron chi connectivity index (χ2n) is 6.40. The first-order valence-corrected chi connectivity index (χ1v) is 7.86. The van der Waals surface area contributed by atoms with E-state index in [1.54, 1.807) is 4.68 Å². The zero-order valence-electron chi connectivity index (χ0n) is 15.5. The SMILES string of the molecule is CCNC(=NCCNC(=O)C(C)(C)C)N(C)Cc1ncnn1C.I. The number of halogens is 1. The number of carbonyl (C=O) groups excluding carboxylic acids is 1. The Morgan fingerprint density at radius 1 is 1.38 bits per heavy atom. The molecule has 0 fully saturated rings. The van der Waals surface area contributed by atoms with Gasteiger partial charge in [-0.25, -0.2) is 4.98 Å². The molecule has 2 N–H and O–H groups in total. The summed E-state index contributed by atoms with van der Waals surface area (Å²) in [6, 6.07) is 0. The summed E-state index contributed by atoms with van der Waals surface area (Å²) in [6.07, 6.45) is 1.54. The fraction of sp³-hybridized carbons (Fsp3) is 0.733. The van der Waals surface area contributed by atoms with E-state index >= 15 is 0 Å². The van der Waals surface area contributed by atoms with E-state index in [0.717, 1.165) is 18.3 Å². The van der Waals surface area contributed by atoms with Crippen LogP contribution in [0.15, 0.2) is 11.3 Å². The summed E-state index contributed by atoms with van der Waals surface area (Å²) in [5, 5.41) is 10.2. The van der Waals surface area contributed by atoms with Crippen LogP contribution in [0.3, 0.4) is 0 Å². The van der Waals surface area contributed by atoms with Crippen molar-refractivity contribution in [3.05, 3.63) is 12.2 Å². The summed E-state index contributed by atoms with van der Waals surface area (Å²) in [4.78, 5) is 22.6. The van der Waals surface area contributed by atoms with E-state index in [-0.39, 0.29) is 35.3 Å². The highest BCUT2D eigenvalue weighted by molar-refractivity contribution is 14.0. The highest BCUT2D eigenvalue weighted by Crippen LogP contribution is 2.11. The van der Waals surface area contributed by atoms with E-state index in [1.165, 1.54) is 6.33 Å². The number of carbonyl (C=O) groups is 1. The Morgan fingerprint density at radius 3 is 2.54 bits per heavy atom. The molecular formula is C15H30IN7O. The largest absolute Gasteiger partial charge is 0.357 e. The quantitative estimate of drug-likeness (QED) is 0.292. The van der Waals surface area contributed by atoms with Gasteiger partial charge in [0.05, 0.1) is 13.1 Å². The maximum atomic E-state index is 11.8. The topological polar surface area (TPSA) is 87.4 Å². The van der Waals surface area contributed by atoms with Crippen molar-refractivity contribution in [3.8, 4) is 0 Å². The predicted molar refractivity (Wildman–Crippen MR) is 106 cm³/mol. The Balaban J connectivity index is 0.00000529. The Hall–Kier alpha value is -1.39. The van der Waals surface area contributed by atoms with Crippen LogP contribution in [0.2, 0.25) is 0 Å². The summed E-state index contributed by atoms with van der Waals surface area (Å²) in [5.74, 6) is 1.67. The van der Waals surface area contributed by atoms with Crippen LogP contribution in [0.1, 0.15) is 33.5 Å². The summed E-state index contributed by atoms with van der Waals surface area (Å²) >= 11 is 0. The number of aromatic nitrogens is 3. The minimum absolute atomic E-state index is 0. The number of hydrogen-bond acceptors (Lipinski definition) is 4. The fourth-order valence-electron chi connectivity index (χ4n) is 1.82. The first kappa shape index (κ1) is 22.6. The van der Waals surface area contributed by atoms with Gasteiger partial charge < -0.3 is 15.5 Å². The molecule has 1 rings (SSSR count). The number of hydrogen-bond donors (Lipinski definition) is 2. The fourth-order valence-corrected chi connectivity index (χ4v) is 1.82.